The van der Waals surface area contributed by atoms with Crippen molar-refractivity contribution < 1.29 is 13.6 Å². The Hall–Kier alpha value is -2.37. The van der Waals surface area contributed by atoms with Crippen LogP contribution in [-0.4, -0.2) is 35.1 Å². The highest BCUT2D eigenvalue weighted by Gasteiger charge is 2.67. The largest absolute Gasteiger partial charge is 0.348 e. The molecule has 2 atom stereocenters. The molecular formula is C20H21F2N3O. The summed E-state index contributed by atoms with van der Waals surface area (Å²) in [6, 6.07) is 5.46. The first-order valence-corrected chi connectivity index (χ1v) is 8.76. The molecule has 4 nitrogen and oxygen atoms in total. The first-order valence-electron chi connectivity index (χ1n) is 8.76. The van der Waals surface area contributed by atoms with Crippen LogP contribution in [0.25, 0.3) is 11.3 Å². The van der Waals surface area contributed by atoms with Crippen molar-refractivity contribution in [2.75, 3.05) is 14.1 Å². The van der Waals surface area contributed by atoms with Crippen LogP contribution >= 0.6 is 0 Å². The molecule has 1 amide bonds. The van der Waals surface area contributed by atoms with Crippen LogP contribution in [0.15, 0.2) is 24.3 Å². The topological polar surface area (TPSA) is 46.1 Å². The number of hydrogen-bond acceptors (Lipinski definition) is 3. The lowest BCUT2D eigenvalue weighted by molar-refractivity contribution is -0.138. The zero-order valence-electron chi connectivity index (χ0n) is 15.3. The van der Waals surface area contributed by atoms with E-state index in [0.29, 0.717) is 5.69 Å². The van der Waals surface area contributed by atoms with E-state index in [0.717, 1.165) is 18.4 Å². The van der Waals surface area contributed by atoms with Crippen LogP contribution in [0.5, 0.6) is 0 Å². The molecule has 4 rings (SSSR count). The van der Waals surface area contributed by atoms with Gasteiger partial charge in [-0.15, -0.1) is 5.10 Å². The van der Waals surface area contributed by atoms with E-state index in [1.54, 1.807) is 25.1 Å². The molecule has 1 unspecified atom stereocenters. The standard InChI is InChI=1S/C20H21F2N3O/c1-19(2)12-8-9-20(19,18(26)25(3)4)17-11(12)10-15(23-24-17)16-13(21)6-5-7-14(16)22/h5-7,10,12H,8-9H2,1-4H3/t12-,20?/m0/s1. The summed E-state index contributed by atoms with van der Waals surface area (Å²) in [7, 11) is 3.49. The van der Waals surface area contributed by atoms with E-state index in [1.165, 1.54) is 18.2 Å². The summed E-state index contributed by atoms with van der Waals surface area (Å²) in [5.41, 5.74) is 0.515. The third-order valence-corrected chi connectivity index (χ3v) is 6.37. The molecule has 1 saturated carbocycles. The molecule has 1 fully saturated rings. The van der Waals surface area contributed by atoms with E-state index >= 15 is 0 Å². The van der Waals surface area contributed by atoms with Crippen molar-refractivity contribution in [1.82, 2.24) is 15.1 Å². The minimum atomic E-state index is -0.726. The molecule has 2 aliphatic carbocycles. The van der Waals surface area contributed by atoms with Crippen LogP contribution in [-0.2, 0) is 10.2 Å². The van der Waals surface area contributed by atoms with Gasteiger partial charge in [-0.2, -0.15) is 5.10 Å². The molecule has 1 aromatic heterocycles. The number of aromatic nitrogens is 2. The summed E-state index contributed by atoms with van der Waals surface area (Å²) in [5, 5.41) is 8.45. The van der Waals surface area contributed by atoms with E-state index in [4.69, 9.17) is 0 Å². The fourth-order valence-corrected chi connectivity index (χ4v) is 5.04. The number of hydrogen-bond donors (Lipinski definition) is 0. The highest BCUT2D eigenvalue weighted by atomic mass is 19.1. The van der Waals surface area contributed by atoms with Crippen LogP contribution < -0.4 is 0 Å². The van der Waals surface area contributed by atoms with Gasteiger partial charge in [-0.3, -0.25) is 4.79 Å². The van der Waals surface area contributed by atoms with Crippen molar-refractivity contribution in [2.45, 2.75) is 38.0 Å². The fourth-order valence-electron chi connectivity index (χ4n) is 5.04. The quantitative estimate of drug-likeness (QED) is 0.824. The van der Waals surface area contributed by atoms with Gasteiger partial charge in [0, 0.05) is 14.1 Å². The Kier molecular flexibility index (Phi) is 3.49. The second-order valence-electron chi connectivity index (χ2n) is 8.05. The molecule has 0 spiro atoms. The molecule has 0 N–H and O–H groups in total. The number of amides is 1. The molecule has 0 saturated heterocycles. The van der Waals surface area contributed by atoms with Crippen molar-refractivity contribution in [2.24, 2.45) is 5.41 Å². The Bertz CT molecular complexity index is 905. The fraction of sp³-hybridized carbons (Fsp3) is 0.450. The molecule has 2 aromatic rings. The second kappa shape index (κ2) is 5.32. The zero-order valence-corrected chi connectivity index (χ0v) is 15.3. The van der Waals surface area contributed by atoms with E-state index in [9.17, 15) is 13.6 Å². The van der Waals surface area contributed by atoms with Gasteiger partial charge in [-0.1, -0.05) is 19.9 Å². The summed E-state index contributed by atoms with van der Waals surface area (Å²) < 4.78 is 28.3. The molecule has 2 aliphatic rings. The van der Waals surface area contributed by atoms with Crippen LogP contribution in [0.2, 0.25) is 0 Å². The lowest BCUT2D eigenvalue weighted by atomic mass is 9.67. The van der Waals surface area contributed by atoms with E-state index in [-0.39, 0.29) is 28.5 Å². The van der Waals surface area contributed by atoms with Gasteiger partial charge in [0.05, 0.1) is 22.4 Å². The van der Waals surface area contributed by atoms with Gasteiger partial charge >= 0.3 is 0 Å². The highest BCUT2D eigenvalue weighted by molar-refractivity contribution is 5.91. The Morgan fingerprint density at radius 1 is 1.19 bits per heavy atom. The smallest absolute Gasteiger partial charge is 0.234 e. The molecule has 136 valence electrons. The van der Waals surface area contributed by atoms with Crippen molar-refractivity contribution in [3.8, 4) is 11.3 Å². The molecular weight excluding hydrogens is 336 g/mol. The molecule has 1 aromatic carbocycles. The summed E-state index contributed by atoms with van der Waals surface area (Å²) >= 11 is 0. The normalized spacial score (nSPS) is 25.2. The highest BCUT2D eigenvalue weighted by Crippen LogP contribution is 2.67. The van der Waals surface area contributed by atoms with Crippen molar-refractivity contribution in [3.63, 3.8) is 0 Å². The van der Waals surface area contributed by atoms with Crippen LogP contribution in [0.1, 0.15) is 43.9 Å². The van der Waals surface area contributed by atoms with Gasteiger partial charge in [0.25, 0.3) is 0 Å². The van der Waals surface area contributed by atoms with Crippen LogP contribution in [0.4, 0.5) is 8.78 Å². The van der Waals surface area contributed by atoms with Crippen molar-refractivity contribution >= 4 is 5.91 Å². The molecule has 0 aliphatic heterocycles. The van der Waals surface area contributed by atoms with Crippen molar-refractivity contribution in [3.05, 3.63) is 47.2 Å². The Morgan fingerprint density at radius 3 is 2.46 bits per heavy atom. The number of nitrogens with zero attached hydrogens (tertiary/aromatic N) is 3. The number of carbonyl (C=O) groups excluding carboxylic acids is 1. The number of rotatable bonds is 2. The lowest BCUT2D eigenvalue weighted by Crippen LogP contribution is -2.49. The van der Waals surface area contributed by atoms with Gasteiger partial charge in [-0.05, 0) is 47.9 Å². The number of benzene rings is 1. The summed E-state index contributed by atoms with van der Waals surface area (Å²) in [6.45, 7) is 4.16. The number of fused-ring (bicyclic) bond motifs is 5. The third kappa shape index (κ3) is 1.90. The zero-order chi connectivity index (χ0) is 18.9. The summed E-state index contributed by atoms with van der Waals surface area (Å²) in [6.07, 6.45) is 1.57. The Balaban J connectivity index is 1.92. The van der Waals surface area contributed by atoms with Crippen LogP contribution in [0.3, 0.4) is 0 Å². The Morgan fingerprint density at radius 2 is 1.85 bits per heavy atom. The predicted octanol–water partition coefficient (Wildman–Crippen LogP) is 3.67. The lowest BCUT2D eigenvalue weighted by Gasteiger charge is -2.38. The van der Waals surface area contributed by atoms with E-state index < -0.39 is 17.0 Å². The van der Waals surface area contributed by atoms with E-state index in [1.807, 2.05) is 0 Å². The first kappa shape index (κ1) is 17.1. The first-order chi connectivity index (χ1) is 12.2. The monoisotopic (exact) mass is 357 g/mol. The van der Waals surface area contributed by atoms with Crippen molar-refractivity contribution in [1.29, 1.82) is 0 Å². The summed E-state index contributed by atoms with van der Waals surface area (Å²) in [5.74, 6) is -1.20. The maximum absolute atomic E-state index is 14.2. The van der Waals surface area contributed by atoms with Gasteiger partial charge in [0.2, 0.25) is 5.91 Å². The molecule has 0 radical (unpaired) electrons. The maximum atomic E-state index is 14.2. The minimum Gasteiger partial charge on any atom is -0.348 e. The predicted molar refractivity (Wildman–Crippen MR) is 93.5 cm³/mol. The minimum absolute atomic E-state index is 0.0165. The SMILES string of the molecule is CN(C)C(=O)C12CC[C@@H](c3cc(-c4c(F)cccc4F)nnc31)C2(C)C. The maximum Gasteiger partial charge on any atom is 0.234 e. The average Bonchev–Trinajstić information content (AvgIpc) is 2.95. The second-order valence-corrected chi connectivity index (χ2v) is 8.05. The number of halogens is 2. The number of carbonyl (C=O) groups is 1. The van der Waals surface area contributed by atoms with Gasteiger partial charge in [0.1, 0.15) is 11.6 Å². The number of likely N-dealkylation sites (N-methyl/N-ethyl adjacent to an activating group) is 1. The molecule has 1 heterocycles. The van der Waals surface area contributed by atoms with Gasteiger partial charge in [0.15, 0.2) is 0 Å². The summed E-state index contributed by atoms with van der Waals surface area (Å²) in [4.78, 5) is 14.7. The van der Waals surface area contributed by atoms with Gasteiger partial charge in [-0.25, -0.2) is 8.78 Å². The van der Waals surface area contributed by atoms with Gasteiger partial charge < -0.3 is 4.90 Å². The molecule has 26 heavy (non-hydrogen) atoms. The van der Waals surface area contributed by atoms with E-state index in [2.05, 4.69) is 24.0 Å². The average molecular weight is 357 g/mol. The third-order valence-electron chi connectivity index (χ3n) is 6.37. The molecule has 2 bridgehead atoms. The Labute approximate surface area is 151 Å². The molecule has 6 heteroatoms. The van der Waals surface area contributed by atoms with Crippen LogP contribution in [0, 0.1) is 17.0 Å².